The molecule has 0 fully saturated rings. The number of hydrogen-bond donors (Lipinski definition) is 0. The number of nitrogens with zero attached hydrogens (tertiary/aromatic N) is 2. The molecular formula is C16H30N2O2. The lowest BCUT2D eigenvalue weighted by molar-refractivity contribution is -0.545. The van der Waals surface area contributed by atoms with Gasteiger partial charge in [0.05, 0.1) is 26.2 Å². The first-order valence-electron chi connectivity index (χ1n) is 7.58. The van der Waals surface area contributed by atoms with E-state index in [1.165, 1.54) is 0 Å². The molecule has 0 spiro atoms. The maximum atomic E-state index is 11.7. The van der Waals surface area contributed by atoms with Gasteiger partial charge in [0.1, 0.15) is 0 Å². The third-order valence-electron chi connectivity index (χ3n) is 3.22. The number of rotatable bonds is 3. The van der Waals surface area contributed by atoms with Crippen LogP contribution in [0.4, 0.5) is 0 Å². The summed E-state index contributed by atoms with van der Waals surface area (Å²) in [5.74, 6) is -0.659. The average Bonchev–Trinajstić information content (AvgIpc) is 2.35. The predicted molar refractivity (Wildman–Crippen MR) is 79.7 cm³/mol. The van der Waals surface area contributed by atoms with Crippen molar-refractivity contribution in [1.82, 2.24) is 4.90 Å². The van der Waals surface area contributed by atoms with Crippen molar-refractivity contribution in [3.05, 3.63) is 0 Å². The monoisotopic (exact) mass is 282 g/mol. The Hall–Kier alpha value is -1.06. The molecule has 0 unspecified atom stereocenters. The fraction of sp³-hybridized carbons (Fsp3) is 0.875. The van der Waals surface area contributed by atoms with Gasteiger partial charge >= 0.3 is 0 Å². The molecule has 1 heterocycles. The van der Waals surface area contributed by atoms with Gasteiger partial charge in [-0.25, -0.2) is 0 Å². The summed E-state index contributed by atoms with van der Waals surface area (Å²) in [7, 11) is 0. The van der Waals surface area contributed by atoms with Crippen molar-refractivity contribution < 1.29 is 14.5 Å². The summed E-state index contributed by atoms with van der Waals surface area (Å²) in [6, 6.07) is 0. The van der Waals surface area contributed by atoms with E-state index in [0.717, 1.165) is 39.0 Å². The lowest BCUT2D eigenvalue weighted by Gasteiger charge is -2.28. The zero-order chi connectivity index (χ0) is 15.6. The van der Waals surface area contributed by atoms with Crippen LogP contribution in [-0.2, 0) is 4.79 Å². The summed E-state index contributed by atoms with van der Waals surface area (Å²) in [6.45, 7) is 15.9. The number of carbonyl (C=O) groups excluding carboxylic acids is 1. The van der Waals surface area contributed by atoms with Gasteiger partial charge in [0.15, 0.2) is 5.97 Å². The van der Waals surface area contributed by atoms with E-state index in [0.29, 0.717) is 5.84 Å². The Morgan fingerprint density at radius 1 is 1.15 bits per heavy atom. The van der Waals surface area contributed by atoms with Crippen LogP contribution >= 0.6 is 0 Å². The zero-order valence-corrected chi connectivity index (χ0v) is 14.0. The van der Waals surface area contributed by atoms with E-state index < -0.39 is 5.97 Å². The van der Waals surface area contributed by atoms with Crippen LogP contribution in [0.2, 0.25) is 0 Å². The summed E-state index contributed by atoms with van der Waals surface area (Å²) in [5.41, 5.74) is 0.136. The lowest BCUT2D eigenvalue weighted by atomic mass is 9.95. The van der Waals surface area contributed by atoms with E-state index in [9.17, 15) is 9.90 Å². The molecule has 0 atom stereocenters. The number of hydrogen-bond acceptors (Lipinski definition) is 3. The molecule has 0 aromatic carbocycles. The van der Waals surface area contributed by atoms with Gasteiger partial charge in [0.2, 0.25) is 0 Å². The summed E-state index contributed by atoms with van der Waals surface area (Å²) in [5, 5.41) is 11.7. The molecule has 0 amide bonds. The van der Waals surface area contributed by atoms with Crippen molar-refractivity contribution in [3.8, 4) is 0 Å². The van der Waals surface area contributed by atoms with Crippen molar-refractivity contribution in [2.24, 2.45) is 10.8 Å². The number of carbonyl (C=O) groups is 1. The van der Waals surface area contributed by atoms with E-state index in [1.807, 2.05) is 9.48 Å². The minimum absolute atomic E-state index is 0.0679. The first kappa shape index (κ1) is 17.0. The first-order chi connectivity index (χ1) is 8.99. The smallest absolute Gasteiger partial charge is 0.295 e. The minimum atomic E-state index is -1.04. The molecule has 116 valence electrons. The van der Waals surface area contributed by atoms with Crippen LogP contribution in [0.25, 0.3) is 0 Å². The fourth-order valence-electron chi connectivity index (χ4n) is 2.73. The largest absolute Gasteiger partial charge is 0.538 e. The Balaban J connectivity index is 3.14. The Morgan fingerprint density at radius 2 is 1.75 bits per heavy atom. The molecule has 4 heteroatoms. The highest BCUT2D eigenvalue weighted by atomic mass is 16.4. The highest BCUT2D eigenvalue weighted by Gasteiger charge is 2.32. The summed E-state index contributed by atoms with van der Waals surface area (Å²) in [6.07, 6.45) is 2.07. The first-order valence-corrected chi connectivity index (χ1v) is 7.58. The topological polar surface area (TPSA) is 46.4 Å². The molecule has 0 aliphatic carbocycles. The molecule has 0 N–H and O–H groups in total. The quantitative estimate of drug-likeness (QED) is 0.734. The van der Waals surface area contributed by atoms with E-state index in [2.05, 4.69) is 41.5 Å². The van der Waals surface area contributed by atoms with Gasteiger partial charge in [0, 0.05) is 0 Å². The molecule has 0 saturated heterocycles. The zero-order valence-electron chi connectivity index (χ0n) is 14.0. The molecule has 1 aliphatic heterocycles. The van der Waals surface area contributed by atoms with Gasteiger partial charge in [-0.1, -0.05) is 41.5 Å². The van der Waals surface area contributed by atoms with Crippen molar-refractivity contribution in [2.45, 2.75) is 54.4 Å². The predicted octanol–water partition coefficient (Wildman–Crippen LogP) is 1.34. The van der Waals surface area contributed by atoms with Crippen LogP contribution in [-0.4, -0.2) is 47.5 Å². The normalized spacial score (nSPS) is 18.2. The lowest BCUT2D eigenvalue weighted by Crippen LogP contribution is -2.52. The number of carboxylic acid groups (broad SMARTS) is 1. The highest BCUT2D eigenvalue weighted by molar-refractivity contribution is 6.31. The van der Waals surface area contributed by atoms with Crippen LogP contribution in [0.3, 0.4) is 0 Å². The van der Waals surface area contributed by atoms with Crippen molar-refractivity contribution in [1.29, 1.82) is 0 Å². The molecular weight excluding hydrogens is 252 g/mol. The maximum Gasteiger partial charge on any atom is 0.295 e. The molecule has 1 rings (SSSR count). The van der Waals surface area contributed by atoms with Crippen LogP contribution in [0.15, 0.2) is 0 Å². The number of amidine groups is 1. The van der Waals surface area contributed by atoms with Crippen molar-refractivity contribution in [3.63, 3.8) is 0 Å². The molecule has 0 radical (unpaired) electrons. The Kier molecular flexibility index (Phi) is 5.22. The second-order valence-electron chi connectivity index (χ2n) is 8.28. The SMILES string of the molecule is CC(C)(C)CN1CCCC[N+](CC(C)(C)C)=C1C(=O)[O-]. The van der Waals surface area contributed by atoms with Crippen LogP contribution in [0.1, 0.15) is 54.4 Å². The molecule has 0 aromatic heterocycles. The van der Waals surface area contributed by atoms with Crippen molar-refractivity contribution >= 4 is 11.8 Å². The third kappa shape index (κ3) is 5.51. The Labute approximate surface area is 123 Å². The van der Waals surface area contributed by atoms with E-state index in [-0.39, 0.29) is 10.8 Å². The standard InChI is InChI=1S/C16H30N2O2/c1-15(2,3)11-17-9-7-8-10-18(12-16(4,5)6)13(17)14(19)20/h7-12H2,1-6H3. The second kappa shape index (κ2) is 6.15. The fourth-order valence-corrected chi connectivity index (χ4v) is 2.73. The van der Waals surface area contributed by atoms with Gasteiger partial charge in [-0.3, -0.25) is 9.48 Å². The average molecular weight is 282 g/mol. The van der Waals surface area contributed by atoms with E-state index in [1.54, 1.807) is 0 Å². The van der Waals surface area contributed by atoms with Gasteiger partial charge in [0.25, 0.3) is 5.84 Å². The van der Waals surface area contributed by atoms with Crippen LogP contribution in [0.5, 0.6) is 0 Å². The minimum Gasteiger partial charge on any atom is -0.538 e. The third-order valence-corrected chi connectivity index (χ3v) is 3.22. The number of aliphatic carboxylic acids is 1. The van der Waals surface area contributed by atoms with Crippen molar-refractivity contribution in [2.75, 3.05) is 26.2 Å². The highest BCUT2D eigenvalue weighted by Crippen LogP contribution is 2.19. The van der Waals surface area contributed by atoms with Crippen LogP contribution in [0, 0.1) is 10.8 Å². The van der Waals surface area contributed by atoms with Gasteiger partial charge in [-0.05, 0) is 23.7 Å². The van der Waals surface area contributed by atoms with E-state index >= 15 is 0 Å². The summed E-state index contributed by atoms with van der Waals surface area (Å²) >= 11 is 0. The Bertz CT molecular complexity index is 386. The van der Waals surface area contributed by atoms with Gasteiger partial charge < -0.3 is 9.90 Å². The molecule has 0 aromatic rings. The van der Waals surface area contributed by atoms with Gasteiger partial charge in [-0.2, -0.15) is 0 Å². The van der Waals surface area contributed by atoms with Gasteiger partial charge in [-0.15, -0.1) is 0 Å². The summed E-state index contributed by atoms with van der Waals surface area (Å²) in [4.78, 5) is 13.7. The maximum absolute atomic E-state index is 11.7. The Morgan fingerprint density at radius 3 is 2.20 bits per heavy atom. The molecule has 4 nitrogen and oxygen atoms in total. The summed E-state index contributed by atoms with van der Waals surface area (Å²) < 4.78 is 2.01. The number of carboxylic acids is 1. The second-order valence-corrected chi connectivity index (χ2v) is 8.28. The molecule has 0 bridgehead atoms. The molecule has 0 saturated carbocycles. The van der Waals surface area contributed by atoms with E-state index in [4.69, 9.17) is 0 Å². The molecule has 1 aliphatic rings. The molecule has 20 heavy (non-hydrogen) atoms. The van der Waals surface area contributed by atoms with Crippen LogP contribution < -0.4 is 5.11 Å².